The van der Waals surface area contributed by atoms with E-state index in [-0.39, 0.29) is 0 Å². The number of aromatic nitrogens is 3. The van der Waals surface area contributed by atoms with E-state index in [0.29, 0.717) is 17.7 Å². The Labute approximate surface area is 200 Å². The fourth-order valence-electron chi connectivity index (χ4n) is 4.20. The summed E-state index contributed by atoms with van der Waals surface area (Å²) in [5.74, 6) is 1.14. The Kier molecular flexibility index (Phi) is 6.27. The van der Waals surface area contributed by atoms with E-state index in [2.05, 4.69) is 63.8 Å². The van der Waals surface area contributed by atoms with Crippen molar-refractivity contribution in [2.75, 3.05) is 43.2 Å². The maximum atomic E-state index is 5.88. The molecule has 2 aromatic heterocycles. The maximum absolute atomic E-state index is 5.88. The van der Waals surface area contributed by atoms with Crippen LogP contribution in [0.4, 0.5) is 17.1 Å². The highest BCUT2D eigenvalue weighted by Crippen LogP contribution is 2.35. The summed E-state index contributed by atoms with van der Waals surface area (Å²) in [7, 11) is 2.09. The van der Waals surface area contributed by atoms with Gasteiger partial charge in [0.25, 0.3) is 0 Å². The summed E-state index contributed by atoms with van der Waals surface area (Å²) in [6.45, 7) is 7.89. The Hall–Kier alpha value is -3.71. The molecule has 1 aliphatic heterocycles. The Morgan fingerprint density at radius 2 is 1.74 bits per heavy atom. The first-order chi connectivity index (χ1) is 16.6. The molecule has 0 N–H and O–H groups in total. The van der Waals surface area contributed by atoms with Crippen LogP contribution in [0.25, 0.3) is 10.9 Å². The van der Waals surface area contributed by atoms with Gasteiger partial charge >= 0.3 is 6.01 Å². The molecule has 34 heavy (non-hydrogen) atoms. The van der Waals surface area contributed by atoms with Crippen molar-refractivity contribution in [2.24, 2.45) is 0 Å². The van der Waals surface area contributed by atoms with Crippen LogP contribution >= 0.6 is 0 Å². The maximum Gasteiger partial charge on any atom is 0.322 e. The quantitative estimate of drug-likeness (QED) is 0.378. The molecule has 4 aromatic rings. The van der Waals surface area contributed by atoms with Gasteiger partial charge in [0, 0.05) is 55.0 Å². The summed E-state index contributed by atoms with van der Waals surface area (Å²) in [6, 6.07) is 16.9. The van der Waals surface area contributed by atoms with Gasteiger partial charge in [-0.05, 0) is 53.9 Å². The Morgan fingerprint density at radius 1 is 0.971 bits per heavy atom. The number of fused-ring (bicyclic) bond motifs is 1. The molecule has 0 bridgehead atoms. The van der Waals surface area contributed by atoms with E-state index < -0.39 is 0 Å². The predicted octanol–water partition coefficient (Wildman–Crippen LogP) is 5.55. The number of morpholine rings is 1. The van der Waals surface area contributed by atoms with E-state index in [1.165, 1.54) is 11.3 Å². The number of hydrogen-bond donors (Lipinski definition) is 0. The van der Waals surface area contributed by atoms with E-state index in [0.717, 1.165) is 48.6 Å². The predicted molar refractivity (Wildman–Crippen MR) is 135 cm³/mol. The number of nitrogens with zero attached hydrogens (tertiary/aromatic N) is 5. The topological polar surface area (TPSA) is 63.6 Å². The third-order valence-corrected chi connectivity index (χ3v) is 6.17. The van der Waals surface area contributed by atoms with Crippen LogP contribution in [0.1, 0.15) is 25.3 Å². The fourth-order valence-corrected chi connectivity index (χ4v) is 4.20. The van der Waals surface area contributed by atoms with Gasteiger partial charge in [-0.3, -0.25) is 4.98 Å². The molecule has 0 atom stereocenters. The highest BCUT2D eigenvalue weighted by molar-refractivity contribution is 5.76. The molecule has 0 radical (unpaired) electrons. The second-order valence-corrected chi connectivity index (χ2v) is 8.74. The molecule has 1 fully saturated rings. The molecule has 7 nitrogen and oxygen atoms in total. The minimum absolute atomic E-state index is 0.307. The number of rotatable bonds is 6. The van der Waals surface area contributed by atoms with Crippen molar-refractivity contribution < 1.29 is 9.47 Å². The molecule has 1 saturated heterocycles. The van der Waals surface area contributed by atoms with Gasteiger partial charge in [-0.2, -0.15) is 4.98 Å². The summed E-state index contributed by atoms with van der Waals surface area (Å²) in [5, 5.41) is 0.930. The van der Waals surface area contributed by atoms with Gasteiger partial charge < -0.3 is 19.3 Å². The summed E-state index contributed by atoms with van der Waals surface area (Å²) in [4.78, 5) is 17.5. The third-order valence-electron chi connectivity index (χ3n) is 6.17. The molecule has 1 aliphatic rings. The highest BCUT2D eigenvalue weighted by Gasteiger charge is 2.18. The van der Waals surface area contributed by atoms with Crippen LogP contribution in [0.15, 0.2) is 67.1 Å². The first kappa shape index (κ1) is 22.1. The van der Waals surface area contributed by atoms with Gasteiger partial charge in [-0.25, -0.2) is 4.98 Å². The van der Waals surface area contributed by atoms with Crippen LogP contribution in [0, 0.1) is 0 Å². The number of hydrogen-bond acceptors (Lipinski definition) is 7. The molecular weight excluding hydrogens is 426 g/mol. The molecule has 7 heteroatoms. The van der Waals surface area contributed by atoms with Crippen molar-refractivity contribution in [3.05, 3.63) is 72.7 Å². The Bertz CT molecular complexity index is 1270. The van der Waals surface area contributed by atoms with Crippen LogP contribution in [0.2, 0.25) is 0 Å². The van der Waals surface area contributed by atoms with Crippen molar-refractivity contribution in [3.8, 4) is 11.8 Å². The second kappa shape index (κ2) is 9.65. The summed E-state index contributed by atoms with van der Waals surface area (Å²) in [6.07, 6.45) is 5.17. The Morgan fingerprint density at radius 3 is 2.50 bits per heavy atom. The van der Waals surface area contributed by atoms with Crippen LogP contribution < -0.4 is 14.5 Å². The molecular formula is C27H29N5O2. The van der Waals surface area contributed by atoms with Crippen molar-refractivity contribution >= 4 is 28.0 Å². The molecule has 0 spiro atoms. The van der Waals surface area contributed by atoms with Gasteiger partial charge in [0.05, 0.1) is 24.9 Å². The summed E-state index contributed by atoms with van der Waals surface area (Å²) in [5.41, 5.74) is 5.63. The zero-order valence-electron chi connectivity index (χ0n) is 19.8. The largest absolute Gasteiger partial charge is 0.424 e. The molecule has 2 aromatic carbocycles. The van der Waals surface area contributed by atoms with Crippen molar-refractivity contribution in [2.45, 2.75) is 19.8 Å². The number of benzene rings is 2. The minimum Gasteiger partial charge on any atom is -0.424 e. The van der Waals surface area contributed by atoms with E-state index in [1.54, 1.807) is 18.6 Å². The molecule has 3 heterocycles. The molecule has 5 rings (SSSR count). The smallest absolute Gasteiger partial charge is 0.322 e. The SMILES string of the molecule is CC(C)c1ccc(N(C)c2ccc(Oc3ncc4ccncc4n3)cc2)cc1N1CCOCC1. The van der Waals surface area contributed by atoms with Gasteiger partial charge in [-0.15, -0.1) is 0 Å². The van der Waals surface area contributed by atoms with Gasteiger partial charge in [0.1, 0.15) is 5.75 Å². The lowest BCUT2D eigenvalue weighted by Crippen LogP contribution is -2.37. The molecule has 0 saturated carbocycles. The van der Waals surface area contributed by atoms with E-state index in [4.69, 9.17) is 9.47 Å². The molecule has 0 aliphatic carbocycles. The van der Waals surface area contributed by atoms with E-state index >= 15 is 0 Å². The zero-order chi connectivity index (χ0) is 23.5. The monoisotopic (exact) mass is 455 g/mol. The van der Waals surface area contributed by atoms with Gasteiger partial charge in [-0.1, -0.05) is 19.9 Å². The minimum atomic E-state index is 0.307. The first-order valence-corrected chi connectivity index (χ1v) is 11.6. The molecule has 0 amide bonds. The summed E-state index contributed by atoms with van der Waals surface area (Å²) < 4.78 is 11.4. The van der Waals surface area contributed by atoms with Crippen molar-refractivity contribution in [1.29, 1.82) is 0 Å². The molecule has 174 valence electrons. The number of ether oxygens (including phenoxy) is 2. The Balaban J connectivity index is 1.35. The van der Waals surface area contributed by atoms with Gasteiger partial charge in [0.2, 0.25) is 0 Å². The van der Waals surface area contributed by atoms with Crippen LogP contribution in [0.3, 0.4) is 0 Å². The number of anilines is 3. The average molecular weight is 456 g/mol. The first-order valence-electron chi connectivity index (χ1n) is 11.6. The van der Waals surface area contributed by atoms with Crippen LogP contribution in [0.5, 0.6) is 11.8 Å². The normalized spacial score (nSPS) is 13.9. The zero-order valence-corrected chi connectivity index (χ0v) is 19.8. The van der Waals surface area contributed by atoms with Crippen LogP contribution in [-0.2, 0) is 4.74 Å². The van der Waals surface area contributed by atoms with Crippen molar-refractivity contribution in [3.63, 3.8) is 0 Å². The van der Waals surface area contributed by atoms with E-state index in [1.807, 2.05) is 30.3 Å². The number of pyridine rings is 1. The van der Waals surface area contributed by atoms with Crippen LogP contribution in [-0.4, -0.2) is 48.3 Å². The third kappa shape index (κ3) is 4.65. The molecule has 0 unspecified atom stereocenters. The fraction of sp³-hybridized carbons (Fsp3) is 0.296. The van der Waals surface area contributed by atoms with Crippen molar-refractivity contribution in [1.82, 2.24) is 15.0 Å². The van der Waals surface area contributed by atoms with Gasteiger partial charge in [0.15, 0.2) is 0 Å². The lowest BCUT2D eigenvalue weighted by atomic mass is 9.99. The van der Waals surface area contributed by atoms with E-state index in [9.17, 15) is 0 Å². The second-order valence-electron chi connectivity index (χ2n) is 8.74. The average Bonchev–Trinajstić information content (AvgIpc) is 2.89. The standard InChI is InChI=1S/C27H29N5O2/c1-19(2)24-9-6-22(16-26(24)32-12-14-33-15-13-32)31(3)21-4-7-23(8-5-21)34-27-29-17-20-10-11-28-18-25(20)30-27/h4-11,16-19H,12-15H2,1-3H3. The summed E-state index contributed by atoms with van der Waals surface area (Å²) >= 11 is 0. The lowest BCUT2D eigenvalue weighted by molar-refractivity contribution is 0.122. The highest BCUT2D eigenvalue weighted by atomic mass is 16.5. The lowest BCUT2D eigenvalue weighted by Gasteiger charge is -2.33.